The molecule has 2 aliphatic rings. The number of carbonyl (C=O) groups is 2. The Labute approximate surface area is 126 Å². The molecule has 21 heavy (non-hydrogen) atoms. The van der Waals surface area contributed by atoms with Gasteiger partial charge in [-0.3, -0.25) is 9.59 Å². The van der Waals surface area contributed by atoms with Crippen molar-refractivity contribution < 1.29 is 14.3 Å². The maximum absolute atomic E-state index is 12.8. The fourth-order valence-corrected chi connectivity index (χ4v) is 3.21. The molecule has 0 bridgehead atoms. The SMILES string of the molecule is C=CCCOCCN1C(=O)C2(CCCCC2)NC(=O)C1C. The number of carbonyl (C=O) groups excluding carboxylic acids is 2. The number of hydrogen-bond acceptors (Lipinski definition) is 3. The Bertz CT molecular complexity index is 402. The minimum atomic E-state index is -0.650. The monoisotopic (exact) mass is 294 g/mol. The van der Waals surface area contributed by atoms with Crippen LogP contribution < -0.4 is 5.32 Å². The second kappa shape index (κ2) is 7.07. The van der Waals surface area contributed by atoms with Crippen molar-refractivity contribution in [1.29, 1.82) is 0 Å². The molecule has 0 aromatic heterocycles. The Morgan fingerprint density at radius 1 is 1.33 bits per heavy atom. The highest BCUT2D eigenvalue weighted by Crippen LogP contribution is 2.33. The summed E-state index contributed by atoms with van der Waals surface area (Å²) >= 11 is 0. The second-order valence-corrected chi connectivity index (χ2v) is 6.00. The minimum Gasteiger partial charge on any atom is -0.379 e. The van der Waals surface area contributed by atoms with Gasteiger partial charge in [0.1, 0.15) is 11.6 Å². The highest BCUT2D eigenvalue weighted by molar-refractivity contribution is 5.99. The summed E-state index contributed by atoms with van der Waals surface area (Å²) < 4.78 is 5.49. The maximum Gasteiger partial charge on any atom is 0.249 e. The van der Waals surface area contributed by atoms with Gasteiger partial charge in [0.2, 0.25) is 11.8 Å². The van der Waals surface area contributed by atoms with Crippen molar-refractivity contribution in [2.24, 2.45) is 0 Å². The first kappa shape index (κ1) is 16.0. The van der Waals surface area contributed by atoms with E-state index < -0.39 is 11.6 Å². The Morgan fingerprint density at radius 2 is 2.05 bits per heavy atom. The van der Waals surface area contributed by atoms with Gasteiger partial charge in [0.25, 0.3) is 0 Å². The van der Waals surface area contributed by atoms with Crippen LogP contribution in [0.2, 0.25) is 0 Å². The number of ether oxygens (including phenoxy) is 1. The van der Waals surface area contributed by atoms with Gasteiger partial charge in [0.15, 0.2) is 0 Å². The van der Waals surface area contributed by atoms with Crippen LogP contribution in [-0.4, -0.2) is 48.1 Å². The molecule has 2 amide bonds. The van der Waals surface area contributed by atoms with E-state index >= 15 is 0 Å². The van der Waals surface area contributed by atoms with E-state index in [9.17, 15) is 9.59 Å². The fraction of sp³-hybridized carbons (Fsp3) is 0.750. The van der Waals surface area contributed by atoms with Gasteiger partial charge in [0, 0.05) is 6.54 Å². The van der Waals surface area contributed by atoms with Crippen LogP contribution in [0.4, 0.5) is 0 Å². The van der Waals surface area contributed by atoms with E-state index in [1.165, 1.54) is 0 Å². The zero-order valence-corrected chi connectivity index (χ0v) is 12.9. The quantitative estimate of drug-likeness (QED) is 0.598. The van der Waals surface area contributed by atoms with Gasteiger partial charge in [0.05, 0.1) is 13.2 Å². The summed E-state index contributed by atoms with van der Waals surface area (Å²) in [5.41, 5.74) is -0.650. The summed E-state index contributed by atoms with van der Waals surface area (Å²) in [6.45, 7) is 6.98. The van der Waals surface area contributed by atoms with E-state index in [2.05, 4.69) is 11.9 Å². The highest BCUT2D eigenvalue weighted by atomic mass is 16.5. The van der Waals surface area contributed by atoms with Crippen molar-refractivity contribution in [2.75, 3.05) is 19.8 Å². The first-order chi connectivity index (χ1) is 10.1. The van der Waals surface area contributed by atoms with Crippen molar-refractivity contribution in [3.05, 3.63) is 12.7 Å². The summed E-state index contributed by atoms with van der Waals surface area (Å²) in [6, 6.07) is -0.409. The topological polar surface area (TPSA) is 58.6 Å². The van der Waals surface area contributed by atoms with Crippen molar-refractivity contribution in [3.63, 3.8) is 0 Å². The molecule has 118 valence electrons. The van der Waals surface area contributed by atoms with Crippen LogP contribution in [0.3, 0.4) is 0 Å². The standard InChI is InChI=1S/C16H26N2O3/c1-3-4-11-21-12-10-18-13(2)14(19)17-16(15(18)20)8-6-5-7-9-16/h3,13H,1,4-12H2,2H3,(H,17,19). The van der Waals surface area contributed by atoms with Crippen LogP contribution in [0.15, 0.2) is 12.7 Å². The van der Waals surface area contributed by atoms with Crippen LogP contribution in [0.5, 0.6) is 0 Å². The molecule has 5 nitrogen and oxygen atoms in total. The van der Waals surface area contributed by atoms with Gasteiger partial charge in [-0.1, -0.05) is 25.3 Å². The number of nitrogens with one attached hydrogen (secondary N) is 1. The third-order valence-corrected chi connectivity index (χ3v) is 4.53. The maximum atomic E-state index is 12.8. The van der Waals surface area contributed by atoms with Crippen LogP contribution in [0, 0.1) is 0 Å². The molecule has 1 heterocycles. The largest absolute Gasteiger partial charge is 0.379 e. The summed E-state index contributed by atoms with van der Waals surface area (Å²) in [6.07, 6.45) is 7.28. The Balaban J connectivity index is 1.98. The van der Waals surface area contributed by atoms with E-state index in [0.29, 0.717) is 19.8 Å². The van der Waals surface area contributed by atoms with E-state index in [-0.39, 0.29) is 11.8 Å². The zero-order valence-electron chi connectivity index (χ0n) is 12.9. The van der Waals surface area contributed by atoms with E-state index in [0.717, 1.165) is 38.5 Å². The molecular formula is C16H26N2O3. The Hall–Kier alpha value is -1.36. The van der Waals surface area contributed by atoms with Crippen LogP contribution >= 0.6 is 0 Å². The lowest BCUT2D eigenvalue weighted by Crippen LogP contribution is -2.70. The molecule has 0 aromatic rings. The van der Waals surface area contributed by atoms with Crippen molar-refractivity contribution in [2.45, 2.75) is 57.0 Å². The van der Waals surface area contributed by atoms with Crippen molar-refractivity contribution in [1.82, 2.24) is 10.2 Å². The van der Waals surface area contributed by atoms with Crippen molar-refractivity contribution >= 4 is 11.8 Å². The molecule has 1 unspecified atom stereocenters. The third kappa shape index (κ3) is 3.46. The molecule has 0 radical (unpaired) electrons. The van der Waals surface area contributed by atoms with E-state index in [1.807, 2.05) is 0 Å². The van der Waals surface area contributed by atoms with Gasteiger partial charge in [-0.15, -0.1) is 6.58 Å². The van der Waals surface area contributed by atoms with E-state index in [4.69, 9.17) is 4.74 Å². The number of hydrogen-bond donors (Lipinski definition) is 1. The lowest BCUT2D eigenvalue weighted by molar-refractivity contribution is -0.156. The van der Waals surface area contributed by atoms with Crippen LogP contribution in [0.25, 0.3) is 0 Å². The summed E-state index contributed by atoms with van der Waals surface area (Å²) in [5.74, 6) is 0.0317. The molecule has 1 aliphatic carbocycles. The summed E-state index contributed by atoms with van der Waals surface area (Å²) in [5, 5.41) is 2.99. The molecule has 1 N–H and O–H groups in total. The fourth-order valence-electron chi connectivity index (χ4n) is 3.21. The molecule has 1 saturated heterocycles. The molecule has 5 heteroatoms. The second-order valence-electron chi connectivity index (χ2n) is 6.00. The van der Waals surface area contributed by atoms with Gasteiger partial charge in [-0.05, 0) is 26.2 Å². The summed E-state index contributed by atoms with van der Waals surface area (Å²) in [7, 11) is 0. The smallest absolute Gasteiger partial charge is 0.249 e. The van der Waals surface area contributed by atoms with Gasteiger partial charge < -0.3 is 15.0 Å². The van der Waals surface area contributed by atoms with E-state index in [1.54, 1.807) is 17.9 Å². The van der Waals surface area contributed by atoms with Crippen molar-refractivity contribution in [3.8, 4) is 0 Å². The molecule has 0 aromatic carbocycles. The average molecular weight is 294 g/mol. The Morgan fingerprint density at radius 3 is 2.71 bits per heavy atom. The molecule has 1 saturated carbocycles. The lowest BCUT2D eigenvalue weighted by Gasteiger charge is -2.46. The van der Waals surface area contributed by atoms with Gasteiger partial charge in [-0.2, -0.15) is 0 Å². The third-order valence-electron chi connectivity index (χ3n) is 4.53. The molecular weight excluding hydrogens is 268 g/mol. The first-order valence-corrected chi connectivity index (χ1v) is 7.92. The highest BCUT2D eigenvalue weighted by Gasteiger charge is 2.49. The molecule has 1 atom stereocenters. The normalized spacial score (nSPS) is 25.0. The zero-order chi connectivity index (χ0) is 15.3. The number of rotatable bonds is 6. The number of amides is 2. The molecule has 1 spiro atoms. The lowest BCUT2D eigenvalue weighted by atomic mass is 9.78. The first-order valence-electron chi connectivity index (χ1n) is 7.92. The minimum absolute atomic E-state index is 0.0393. The van der Waals surface area contributed by atoms with Gasteiger partial charge in [-0.25, -0.2) is 0 Å². The van der Waals surface area contributed by atoms with Crippen LogP contribution in [-0.2, 0) is 14.3 Å². The number of nitrogens with zero attached hydrogens (tertiary/aromatic N) is 1. The average Bonchev–Trinajstić information content (AvgIpc) is 2.49. The number of piperazine rings is 1. The van der Waals surface area contributed by atoms with Gasteiger partial charge >= 0.3 is 0 Å². The summed E-state index contributed by atoms with van der Waals surface area (Å²) in [4.78, 5) is 26.7. The molecule has 1 aliphatic heterocycles. The molecule has 2 fully saturated rings. The predicted octanol–water partition coefficient (Wildman–Crippen LogP) is 1.63. The predicted molar refractivity (Wildman–Crippen MR) is 80.8 cm³/mol. The molecule has 2 rings (SSSR count). The Kier molecular flexibility index (Phi) is 5.39. The van der Waals surface area contributed by atoms with Crippen LogP contribution in [0.1, 0.15) is 45.4 Å².